The number of H-pyrrole nitrogens is 1. The summed E-state index contributed by atoms with van der Waals surface area (Å²) in [6.45, 7) is 3.29. The highest BCUT2D eigenvalue weighted by atomic mass is 19.4. The van der Waals surface area contributed by atoms with Gasteiger partial charge in [0.25, 0.3) is 5.91 Å². The molecule has 2 amide bonds. The first-order valence-electron chi connectivity index (χ1n) is 10.5. The van der Waals surface area contributed by atoms with Gasteiger partial charge in [-0.3, -0.25) is 14.7 Å². The Kier molecular flexibility index (Phi) is 8.20. The summed E-state index contributed by atoms with van der Waals surface area (Å²) in [6, 6.07) is 10.1. The Bertz CT molecular complexity index is 1230. The van der Waals surface area contributed by atoms with Crippen molar-refractivity contribution in [2.24, 2.45) is 0 Å². The number of rotatable bonds is 10. The molecule has 9 nitrogen and oxygen atoms in total. The van der Waals surface area contributed by atoms with Crippen molar-refractivity contribution in [1.29, 1.82) is 0 Å². The summed E-state index contributed by atoms with van der Waals surface area (Å²) in [7, 11) is 3.12. The third-order valence-corrected chi connectivity index (χ3v) is 4.87. The molecule has 0 saturated carbocycles. The lowest BCUT2D eigenvalue weighted by atomic mass is 10.1. The molecule has 1 heterocycles. The number of aromatic nitrogens is 2. The summed E-state index contributed by atoms with van der Waals surface area (Å²) < 4.78 is 52.1. The van der Waals surface area contributed by atoms with Crippen LogP contribution in [0.2, 0.25) is 0 Å². The standard InChI is InChI=1S/C24H23F3N4O5/c1-4-22(32)28-20-13-16(36-24(25,26)27)7-8-19(20)23(33)29-21-11-15(30-31-21)6-5-14-9-17(34-2)12-18(10-14)35-3/h4,7-13H,1,5-6H2,2-3H3,(H,28,32)(H2,29,30,31,33). The van der Waals surface area contributed by atoms with Crippen LogP contribution in [0, 0.1) is 0 Å². The van der Waals surface area contributed by atoms with E-state index in [1.165, 1.54) is 0 Å². The number of carbonyl (C=O) groups is 2. The van der Waals surface area contributed by atoms with E-state index in [4.69, 9.17) is 9.47 Å². The second-order valence-electron chi connectivity index (χ2n) is 7.40. The Morgan fingerprint density at radius 2 is 1.69 bits per heavy atom. The Balaban J connectivity index is 1.72. The summed E-state index contributed by atoms with van der Waals surface area (Å²) in [6.07, 6.45) is -2.87. The fourth-order valence-electron chi connectivity index (χ4n) is 3.23. The molecule has 12 heteroatoms. The number of aromatic amines is 1. The van der Waals surface area contributed by atoms with E-state index in [0.717, 1.165) is 29.8 Å². The van der Waals surface area contributed by atoms with E-state index in [9.17, 15) is 22.8 Å². The predicted molar refractivity (Wildman–Crippen MR) is 125 cm³/mol. The van der Waals surface area contributed by atoms with Crippen LogP contribution in [0.3, 0.4) is 0 Å². The van der Waals surface area contributed by atoms with Crippen molar-refractivity contribution < 1.29 is 37.0 Å². The molecule has 0 saturated heterocycles. The molecule has 0 aliphatic rings. The predicted octanol–water partition coefficient (Wildman–Crippen LogP) is 4.49. The van der Waals surface area contributed by atoms with Gasteiger partial charge in [-0.2, -0.15) is 5.10 Å². The number of halogens is 3. The summed E-state index contributed by atoms with van der Waals surface area (Å²) in [5.74, 6) is -0.436. The van der Waals surface area contributed by atoms with Gasteiger partial charge in [-0.25, -0.2) is 0 Å². The number of alkyl halides is 3. The lowest BCUT2D eigenvalue weighted by molar-refractivity contribution is -0.274. The number of nitrogens with zero attached hydrogens (tertiary/aromatic N) is 1. The van der Waals surface area contributed by atoms with Crippen molar-refractivity contribution in [3.05, 3.63) is 71.9 Å². The zero-order chi connectivity index (χ0) is 26.3. The van der Waals surface area contributed by atoms with Gasteiger partial charge in [-0.05, 0) is 48.7 Å². The van der Waals surface area contributed by atoms with Gasteiger partial charge >= 0.3 is 6.36 Å². The van der Waals surface area contributed by atoms with Gasteiger partial charge in [0.2, 0.25) is 5.91 Å². The van der Waals surface area contributed by atoms with Gasteiger partial charge in [-0.1, -0.05) is 6.58 Å². The molecule has 1 aromatic heterocycles. The van der Waals surface area contributed by atoms with Crippen LogP contribution >= 0.6 is 0 Å². The van der Waals surface area contributed by atoms with Gasteiger partial charge in [0.15, 0.2) is 0 Å². The molecule has 0 atom stereocenters. The molecular formula is C24H23F3N4O5. The maximum absolute atomic E-state index is 12.8. The first-order chi connectivity index (χ1) is 17.1. The second-order valence-corrected chi connectivity index (χ2v) is 7.40. The fraction of sp³-hybridized carbons (Fsp3) is 0.208. The molecular weight excluding hydrogens is 481 g/mol. The Morgan fingerprint density at radius 3 is 2.31 bits per heavy atom. The quantitative estimate of drug-likeness (QED) is 0.351. The SMILES string of the molecule is C=CC(=O)Nc1cc(OC(F)(F)F)ccc1C(=O)Nc1cc(CCc2cc(OC)cc(OC)c2)n[nH]1. The van der Waals surface area contributed by atoms with E-state index in [1.54, 1.807) is 26.4 Å². The number of aryl methyl sites for hydroxylation is 2. The highest BCUT2D eigenvalue weighted by Crippen LogP contribution is 2.29. The van der Waals surface area contributed by atoms with E-state index in [1.807, 2.05) is 12.1 Å². The third-order valence-electron chi connectivity index (χ3n) is 4.87. The van der Waals surface area contributed by atoms with Gasteiger partial charge in [0.05, 0.1) is 31.2 Å². The minimum Gasteiger partial charge on any atom is -0.497 e. The van der Waals surface area contributed by atoms with Crippen LogP contribution in [0.5, 0.6) is 17.2 Å². The third kappa shape index (κ3) is 7.26. The number of anilines is 2. The average molecular weight is 504 g/mol. The van der Waals surface area contributed by atoms with E-state index in [0.29, 0.717) is 30.0 Å². The minimum absolute atomic E-state index is 0.0978. The Hall–Kier alpha value is -4.48. The normalized spacial score (nSPS) is 10.9. The smallest absolute Gasteiger partial charge is 0.497 e. The largest absolute Gasteiger partial charge is 0.573 e. The molecule has 0 fully saturated rings. The van der Waals surface area contributed by atoms with E-state index in [-0.39, 0.29) is 17.1 Å². The van der Waals surface area contributed by atoms with Gasteiger partial charge in [-0.15, -0.1) is 13.2 Å². The molecule has 0 aliphatic carbocycles. The minimum atomic E-state index is -4.94. The highest BCUT2D eigenvalue weighted by molar-refractivity contribution is 6.11. The summed E-state index contributed by atoms with van der Waals surface area (Å²) in [4.78, 5) is 24.5. The lowest BCUT2D eigenvalue weighted by Crippen LogP contribution is -2.19. The molecule has 2 aromatic carbocycles. The number of nitrogens with one attached hydrogen (secondary N) is 3. The maximum Gasteiger partial charge on any atom is 0.573 e. The van der Waals surface area contributed by atoms with Crippen molar-refractivity contribution in [1.82, 2.24) is 10.2 Å². The van der Waals surface area contributed by atoms with Gasteiger partial charge in [0.1, 0.15) is 23.1 Å². The lowest BCUT2D eigenvalue weighted by Gasteiger charge is -2.13. The number of amides is 2. The number of hydrogen-bond acceptors (Lipinski definition) is 6. The van der Waals surface area contributed by atoms with Crippen LogP contribution in [-0.2, 0) is 17.6 Å². The summed E-state index contributed by atoms with van der Waals surface area (Å²) in [5, 5.41) is 11.7. The first-order valence-corrected chi connectivity index (χ1v) is 10.5. The van der Waals surface area contributed by atoms with Crippen molar-refractivity contribution in [2.45, 2.75) is 19.2 Å². The molecule has 3 N–H and O–H groups in total. The molecule has 3 aromatic rings. The van der Waals surface area contributed by atoms with Crippen LogP contribution in [0.15, 0.2) is 55.1 Å². The van der Waals surface area contributed by atoms with Crippen molar-refractivity contribution >= 4 is 23.3 Å². The van der Waals surface area contributed by atoms with Crippen LogP contribution in [0.25, 0.3) is 0 Å². The second kappa shape index (κ2) is 11.3. The average Bonchev–Trinajstić information content (AvgIpc) is 3.28. The number of benzene rings is 2. The number of methoxy groups -OCH3 is 2. The van der Waals surface area contributed by atoms with E-state index in [2.05, 4.69) is 32.1 Å². The van der Waals surface area contributed by atoms with Crippen LogP contribution in [0.4, 0.5) is 24.7 Å². The first kappa shape index (κ1) is 26.1. The van der Waals surface area contributed by atoms with Crippen molar-refractivity contribution in [2.75, 3.05) is 24.9 Å². The molecule has 0 unspecified atom stereocenters. The molecule has 3 rings (SSSR count). The maximum atomic E-state index is 12.8. The van der Waals surface area contributed by atoms with Crippen LogP contribution in [0.1, 0.15) is 21.6 Å². The topological polar surface area (TPSA) is 115 Å². The van der Waals surface area contributed by atoms with Crippen LogP contribution < -0.4 is 24.8 Å². The van der Waals surface area contributed by atoms with Crippen molar-refractivity contribution in [3.8, 4) is 17.2 Å². The summed E-state index contributed by atoms with van der Waals surface area (Å²) in [5.41, 5.74) is 1.33. The zero-order valence-electron chi connectivity index (χ0n) is 19.4. The number of carbonyl (C=O) groups excluding carboxylic acids is 2. The van der Waals surface area contributed by atoms with E-state index >= 15 is 0 Å². The van der Waals surface area contributed by atoms with Gasteiger partial charge < -0.3 is 24.8 Å². The number of hydrogen-bond donors (Lipinski definition) is 3. The monoisotopic (exact) mass is 504 g/mol. The molecule has 0 radical (unpaired) electrons. The fourth-order valence-corrected chi connectivity index (χ4v) is 3.23. The highest BCUT2D eigenvalue weighted by Gasteiger charge is 2.31. The Morgan fingerprint density at radius 1 is 1.00 bits per heavy atom. The molecule has 36 heavy (non-hydrogen) atoms. The molecule has 0 aliphatic heterocycles. The summed E-state index contributed by atoms with van der Waals surface area (Å²) >= 11 is 0. The van der Waals surface area contributed by atoms with Gasteiger partial charge in [0, 0.05) is 18.2 Å². The molecule has 190 valence electrons. The molecule has 0 spiro atoms. The molecule has 0 bridgehead atoms. The van der Waals surface area contributed by atoms with E-state index < -0.39 is 23.9 Å². The Labute approximate surface area is 204 Å². The number of ether oxygens (including phenoxy) is 3. The van der Waals surface area contributed by atoms with Crippen molar-refractivity contribution in [3.63, 3.8) is 0 Å². The zero-order valence-corrected chi connectivity index (χ0v) is 19.4. The van der Waals surface area contributed by atoms with Crippen LogP contribution in [-0.4, -0.2) is 42.6 Å².